The first-order valence-electron chi connectivity index (χ1n) is 5.50. The zero-order chi connectivity index (χ0) is 11.1. The van der Waals surface area contributed by atoms with Crippen molar-refractivity contribution in [1.29, 1.82) is 0 Å². The lowest BCUT2D eigenvalue weighted by Gasteiger charge is -2.27. The van der Waals surface area contributed by atoms with Gasteiger partial charge in [0.15, 0.2) is 0 Å². The smallest absolute Gasteiger partial charge is 0.0748 e. The van der Waals surface area contributed by atoms with Crippen LogP contribution in [0.3, 0.4) is 0 Å². The van der Waals surface area contributed by atoms with Crippen LogP contribution in [0.5, 0.6) is 0 Å². The fourth-order valence-corrected chi connectivity index (χ4v) is 1.58. The van der Waals surface area contributed by atoms with E-state index in [9.17, 15) is 0 Å². The second kappa shape index (κ2) is 7.02. The van der Waals surface area contributed by atoms with Crippen LogP contribution in [0.25, 0.3) is 0 Å². The van der Waals surface area contributed by atoms with Crippen molar-refractivity contribution in [2.75, 3.05) is 6.61 Å². The number of allylic oxidation sites excluding steroid dienone is 1. The van der Waals surface area contributed by atoms with E-state index in [2.05, 4.69) is 20.4 Å². The first-order valence-corrected chi connectivity index (χ1v) is 5.50. The van der Waals surface area contributed by atoms with Crippen molar-refractivity contribution < 1.29 is 4.74 Å². The van der Waals surface area contributed by atoms with E-state index >= 15 is 0 Å². The molecule has 0 aliphatic rings. The fourth-order valence-electron chi connectivity index (χ4n) is 1.58. The molecule has 2 nitrogen and oxygen atoms in total. The van der Waals surface area contributed by atoms with Gasteiger partial charge in [-0.1, -0.05) is 19.4 Å². The Morgan fingerprint density at radius 2 is 2.00 bits per heavy atom. The van der Waals surface area contributed by atoms with Crippen LogP contribution >= 0.6 is 0 Å². The lowest BCUT2D eigenvalue weighted by atomic mass is 9.95. The predicted octanol–water partition coefficient (Wildman–Crippen LogP) is 2.73. The van der Waals surface area contributed by atoms with Crippen molar-refractivity contribution in [3.8, 4) is 0 Å². The first-order chi connectivity index (χ1) is 6.49. The maximum Gasteiger partial charge on any atom is 0.0748 e. The zero-order valence-corrected chi connectivity index (χ0v) is 10.0. The molecule has 2 atom stereocenters. The molecule has 0 spiro atoms. The molecule has 2 unspecified atom stereocenters. The molecule has 2 heteroatoms. The van der Waals surface area contributed by atoms with Crippen molar-refractivity contribution in [3.05, 3.63) is 12.2 Å². The Morgan fingerprint density at radius 1 is 1.43 bits per heavy atom. The average Bonchev–Trinajstić information content (AvgIpc) is 2.09. The summed E-state index contributed by atoms with van der Waals surface area (Å²) in [5, 5.41) is 0. The van der Waals surface area contributed by atoms with Gasteiger partial charge in [0.25, 0.3) is 0 Å². The molecule has 0 radical (unpaired) electrons. The molecule has 0 aromatic carbocycles. The Kier molecular flexibility index (Phi) is 6.85. The Hall–Kier alpha value is -0.340. The van der Waals surface area contributed by atoms with Gasteiger partial charge < -0.3 is 10.5 Å². The van der Waals surface area contributed by atoms with Gasteiger partial charge >= 0.3 is 0 Å². The highest BCUT2D eigenvalue weighted by Gasteiger charge is 2.20. The number of hydrogen-bond donors (Lipinski definition) is 1. The molecule has 0 aromatic heterocycles. The summed E-state index contributed by atoms with van der Waals surface area (Å²) in [6.07, 6.45) is 2.15. The van der Waals surface area contributed by atoms with Gasteiger partial charge in [0.2, 0.25) is 0 Å². The lowest BCUT2D eigenvalue weighted by molar-refractivity contribution is 0.0110. The van der Waals surface area contributed by atoms with Crippen LogP contribution in [0, 0.1) is 5.92 Å². The summed E-state index contributed by atoms with van der Waals surface area (Å²) in [6, 6.07) is 0.131. The predicted molar refractivity (Wildman–Crippen MR) is 62.3 cm³/mol. The molecule has 0 saturated carbocycles. The Balaban J connectivity index is 4.00. The summed E-state index contributed by atoms with van der Waals surface area (Å²) >= 11 is 0. The largest absolute Gasteiger partial charge is 0.377 e. The van der Waals surface area contributed by atoms with Crippen LogP contribution in [0.4, 0.5) is 0 Å². The number of nitrogens with two attached hydrogens (primary N) is 1. The number of ether oxygens (including phenoxy) is 1. The molecule has 0 bridgehead atoms. The molecule has 0 heterocycles. The second-order valence-electron chi connectivity index (χ2n) is 4.32. The highest BCUT2D eigenvalue weighted by atomic mass is 16.5. The van der Waals surface area contributed by atoms with E-state index in [1.165, 1.54) is 5.57 Å². The third-order valence-electron chi connectivity index (χ3n) is 2.34. The minimum absolute atomic E-state index is 0.131. The third-order valence-corrected chi connectivity index (χ3v) is 2.34. The summed E-state index contributed by atoms with van der Waals surface area (Å²) in [5.41, 5.74) is 7.28. The zero-order valence-electron chi connectivity index (χ0n) is 10.0. The molecule has 0 amide bonds. The van der Waals surface area contributed by atoms with E-state index in [4.69, 9.17) is 10.5 Å². The van der Waals surface area contributed by atoms with Gasteiger partial charge in [0.1, 0.15) is 0 Å². The van der Waals surface area contributed by atoms with Gasteiger partial charge in [-0.15, -0.1) is 6.58 Å². The molecule has 0 aromatic rings. The highest BCUT2D eigenvalue weighted by Crippen LogP contribution is 2.15. The van der Waals surface area contributed by atoms with Crippen LogP contribution in [0.15, 0.2) is 12.2 Å². The quantitative estimate of drug-likeness (QED) is 0.640. The van der Waals surface area contributed by atoms with E-state index in [0.29, 0.717) is 5.92 Å². The molecule has 14 heavy (non-hydrogen) atoms. The maximum atomic E-state index is 6.09. The van der Waals surface area contributed by atoms with Crippen molar-refractivity contribution in [2.24, 2.45) is 11.7 Å². The van der Waals surface area contributed by atoms with Crippen LogP contribution in [0.2, 0.25) is 0 Å². The SMILES string of the molecule is C=C(C)CCC(N)C(OCC)C(C)C. The standard InChI is InChI=1S/C12H25NO/c1-6-14-12(10(4)5)11(13)8-7-9(2)3/h10-12H,2,6-8,13H2,1,3-5H3. The molecule has 84 valence electrons. The van der Waals surface area contributed by atoms with Crippen LogP contribution in [-0.4, -0.2) is 18.8 Å². The Labute approximate surface area is 88.5 Å². The van der Waals surface area contributed by atoms with Crippen molar-refractivity contribution in [3.63, 3.8) is 0 Å². The monoisotopic (exact) mass is 199 g/mol. The third kappa shape index (κ3) is 5.40. The molecular weight excluding hydrogens is 174 g/mol. The van der Waals surface area contributed by atoms with Gasteiger partial charge in [-0.25, -0.2) is 0 Å². The summed E-state index contributed by atoms with van der Waals surface area (Å²) in [5.74, 6) is 0.482. The van der Waals surface area contributed by atoms with E-state index < -0.39 is 0 Å². The van der Waals surface area contributed by atoms with Crippen molar-refractivity contribution in [1.82, 2.24) is 0 Å². The molecule has 0 rings (SSSR count). The fraction of sp³-hybridized carbons (Fsp3) is 0.833. The normalized spacial score (nSPS) is 15.6. The minimum Gasteiger partial charge on any atom is -0.377 e. The van der Waals surface area contributed by atoms with E-state index in [1.54, 1.807) is 0 Å². The Morgan fingerprint density at radius 3 is 2.36 bits per heavy atom. The summed E-state index contributed by atoms with van der Waals surface area (Å²) in [6.45, 7) is 13.0. The molecular formula is C12H25NO. The maximum absolute atomic E-state index is 6.09. The molecule has 0 fully saturated rings. The van der Waals surface area contributed by atoms with Gasteiger partial charge in [0.05, 0.1) is 6.10 Å². The van der Waals surface area contributed by atoms with Gasteiger partial charge in [-0.3, -0.25) is 0 Å². The summed E-state index contributed by atoms with van der Waals surface area (Å²) in [7, 11) is 0. The van der Waals surface area contributed by atoms with Crippen LogP contribution < -0.4 is 5.73 Å². The van der Waals surface area contributed by atoms with Gasteiger partial charge in [-0.2, -0.15) is 0 Å². The van der Waals surface area contributed by atoms with Gasteiger partial charge in [-0.05, 0) is 32.6 Å². The minimum atomic E-state index is 0.131. The van der Waals surface area contributed by atoms with E-state index in [1.807, 2.05) is 13.8 Å². The topological polar surface area (TPSA) is 35.2 Å². The summed E-state index contributed by atoms with van der Waals surface area (Å²) < 4.78 is 5.64. The summed E-state index contributed by atoms with van der Waals surface area (Å²) in [4.78, 5) is 0. The van der Waals surface area contributed by atoms with Crippen LogP contribution in [0.1, 0.15) is 40.5 Å². The molecule has 2 N–H and O–H groups in total. The van der Waals surface area contributed by atoms with E-state index in [0.717, 1.165) is 19.4 Å². The highest BCUT2D eigenvalue weighted by molar-refractivity contribution is 4.90. The van der Waals surface area contributed by atoms with Gasteiger partial charge in [0, 0.05) is 12.6 Å². The average molecular weight is 199 g/mol. The molecule has 0 aliphatic carbocycles. The van der Waals surface area contributed by atoms with Crippen molar-refractivity contribution in [2.45, 2.75) is 52.7 Å². The number of hydrogen-bond acceptors (Lipinski definition) is 2. The lowest BCUT2D eigenvalue weighted by Crippen LogP contribution is -2.40. The Bertz CT molecular complexity index is 166. The number of rotatable bonds is 7. The first kappa shape index (κ1) is 13.7. The van der Waals surface area contributed by atoms with Crippen molar-refractivity contribution >= 4 is 0 Å². The van der Waals surface area contributed by atoms with Crippen LogP contribution in [-0.2, 0) is 4.74 Å². The van der Waals surface area contributed by atoms with E-state index in [-0.39, 0.29) is 12.1 Å². The molecule has 0 saturated heterocycles. The molecule has 0 aliphatic heterocycles. The second-order valence-corrected chi connectivity index (χ2v) is 4.32.